The van der Waals surface area contributed by atoms with Gasteiger partial charge in [-0.05, 0) is 32.3 Å². The van der Waals surface area contributed by atoms with E-state index < -0.39 is 11.6 Å². The standard InChI is InChI=1S/C12H13F2N3S2/c1-8-15-17(12(18)19-8)7-16(2)6-9-3-4-10(13)5-11(9)14/h3-5H,6-7H2,1-2H3. The predicted molar refractivity (Wildman–Crippen MR) is 73.5 cm³/mol. The van der Waals surface area contributed by atoms with E-state index in [0.29, 0.717) is 22.7 Å². The summed E-state index contributed by atoms with van der Waals surface area (Å²) in [5.41, 5.74) is 0.447. The van der Waals surface area contributed by atoms with Gasteiger partial charge >= 0.3 is 0 Å². The van der Waals surface area contributed by atoms with Crippen molar-refractivity contribution in [2.24, 2.45) is 0 Å². The third-order valence-electron chi connectivity index (χ3n) is 2.54. The van der Waals surface area contributed by atoms with Gasteiger partial charge in [0.2, 0.25) is 0 Å². The van der Waals surface area contributed by atoms with E-state index in [0.717, 1.165) is 11.1 Å². The molecule has 1 heterocycles. The van der Waals surface area contributed by atoms with E-state index in [4.69, 9.17) is 12.2 Å². The van der Waals surface area contributed by atoms with Crippen molar-refractivity contribution < 1.29 is 8.78 Å². The third kappa shape index (κ3) is 3.65. The third-order valence-corrected chi connectivity index (χ3v) is 3.76. The molecule has 0 saturated heterocycles. The monoisotopic (exact) mass is 301 g/mol. The van der Waals surface area contributed by atoms with Crippen molar-refractivity contribution in [1.29, 1.82) is 0 Å². The molecule has 0 bridgehead atoms. The zero-order chi connectivity index (χ0) is 14.0. The van der Waals surface area contributed by atoms with Crippen LogP contribution in [0.25, 0.3) is 0 Å². The summed E-state index contributed by atoms with van der Waals surface area (Å²) in [6, 6.07) is 3.60. The van der Waals surface area contributed by atoms with E-state index in [2.05, 4.69) is 5.10 Å². The summed E-state index contributed by atoms with van der Waals surface area (Å²) in [5.74, 6) is -1.11. The summed E-state index contributed by atoms with van der Waals surface area (Å²) in [7, 11) is 1.83. The van der Waals surface area contributed by atoms with E-state index in [9.17, 15) is 8.78 Å². The maximum Gasteiger partial charge on any atom is 0.180 e. The maximum absolute atomic E-state index is 13.5. The highest BCUT2D eigenvalue weighted by Gasteiger charge is 2.08. The van der Waals surface area contributed by atoms with Gasteiger partial charge in [0.15, 0.2) is 3.95 Å². The Hall–Kier alpha value is -1.18. The summed E-state index contributed by atoms with van der Waals surface area (Å²) in [4.78, 5) is 1.87. The molecule has 0 amide bonds. The number of hydrogen-bond acceptors (Lipinski definition) is 4. The van der Waals surface area contributed by atoms with Gasteiger partial charge in [0.25, 0.3) is 0 Å². The van der Waals surface area contributed by atoms with E-state index in [1.807, 2.05) is 18.9 Å². The normalized spacial score (nSPS) is 11.2. The highest BCUT2D eigenvalue weighted by Crippen LogP contribution is 2.13. The van der Waals surface area contributed by atoms with E-state index in [1.54, 1.807) is 4.68 Å². The van der Waals surface area contributed by atoms with Crippen LogP contribution < -0.4 is 0 Å². The van der Waals surface area contributed by atoms with Gasteiger partial charge in [-0.1, -0.05) is 17.4 Å². The molecule has 2 aromatic rings. The van der Waals surface area contributed by atoms with Gasteiger partial charge < -0.3 is 0 Å². The van der Waals surface area contributed by atoms with Crippen LogP contribution in [0, 0.1) is 22.5 Å². The molecule has 0 fully saturated rings. The summed E-state index contributed by atoms with van der Waals surface area (Å²) in [6.45, 7) is 2.72. The Morgan fingerprint density at radius 1 is 1.42 bits per heavy atom. The molecule has 0 atom stereocenters. The largest absolute Gasteiger partial charge is 0.283 e. The molecule has 2 rings (SSSR count). The Morgan fingerprint density at radius 2 is 2.16 bits per heavy atom. The number of aromatic nitrogens is 2. The second-order valence-electron chi connectivity index (χ2n) is 4.28. The van der Waals surface area contributed by atoms with Gasteiger partial charge in [0.1, 0.15) is 16.6 Å². The van der Waals surface area contributed by atoms with Crippen molar-refractivity contribution in [2.45, 2.75) is 20.1 Å². The lowest BCUT2D eigenvalue weighted by atomic mass is 10.2. The molecule has 1 aromatic carbocycles. The molecule has 102 valence electrons. The summed E-state index contributed by atoms with van der Waals surface area (Å²) >= 11 is 6.61. The molecule has 7 heteroatoms. The summed E-state index contributed by atoms with van der Waals surface area (Å²) < 4.78 is 28.7. The average Bonchev–Trinajstić information content (AvgIpc) is 2.61. The number of halogens is 2. The molecule has 3 nitrogen and oxygen atoms in total. The fourth-order valence-electron chi connectivity index (χ4n) is 1.72. The fraction of sp³-hybridized carbons (Fsp3) is 0.333. The summed E-state index contributed by atoms with van der Waals surface area (Å²) in [6.07, 6.45) is 0. The number of hydrogen-bond donors (Lipinski definition) is 0. The summed E-state index contributed by atoms with van der Waals surface area (Å²) in [5, 5.41) is 5.16. The molecule has 0 unspecified atom stereocenters. The first-order valence-electron chi connectivity index (χ1n) is 5.63. The molecule has 0 N–H and O–H groups in total. The molecular weight excluding hydrogens is 288 g/mol. The van der Waals surface area contributed by atoms with Crippen molar-refractivity contribution >= 4 is 23.6 Å². The maximum atomic E-state index is 13.5. The molecule has 0 radical (unpaired) electrons. The Morgan fingerprint density at radius 3 is 2.74 bits per heavy atom. The zero-order valence-corrected chi connectivity index (χ0v) is 12.2. The van der Waals surface area contributed by atoms with Gasteiger partial charge in [0.05, 0.1) is 6.67 Å². The molecule has 0 aliphatic heterocycles. The number of rotatable bonds is 4. The van der Waals surface area contributed by atoms with Gasteiger partial charge in [-0.25, -0.2) is 13.5 Å². The molecular formula is C12H13F2N3S2. The van der Waals surface area contributed by atoms with Crippen LogP contribution in [0.5, 0.6) is 0 Å². The molecule has 19 heavy (non-hydrogen) atoms. The lowest BCUT2D eigenvalue weighted by molar-refractivity contribution is 0.241. The van der Waals surface area contributed by atoms with Gasteiger partial charge in [-0.3, -0.25) is 4.90 Å². The Bertz CT molecular complexity index is 636. The fourth-order valence-corrected chi connectivity index (χ4v) is 2.78. The second-order valence-corrected chi connectivity index (χ2v) is 6.10. The minimum Gasteiger partial charge on any atom is -0.283 e. The minimum atomic E-state index is -0.568. The van der Waals surface area contributed by atoms with Crippen LogP contribution in [0.15, 0.2) is 18.2 Å². The van der Waals surface area contributed by atoms with E-state index in [-0.39, 0.29) is 0 Å². The average molecular weight is 301 g/mol. The Kier molecular flexibility index (Phi) is 4.38. The molecule has 0 aliphatic carbocycles. The van der Waals surface area contributed by atoms with Crippen molar-refractivity contribution in [3.63, 3.8) is 0 Å². The molecule has 0 aliphatic rings. The van der Waals surface area contributed by atoms with Crippen molar-refractivity contribution in [3.05, 3.63) is 44.4 Å². The van der Waals surface area contributed by atoms with Crippen LogP contribution in [-0.2, 0) is 13.2 Å². The smallest absolute Gasteiger partial charge is 0.180 e. The van der Waals surface area contributed by atoms with Crippen molar-refractivity contribution in [1.82, 2.24) is 14.7 Å². The van der Waals surface area contributed by atoms with Crippen LogP contribution in [0.4, 0.5) is 8.78 Å². The van der Waals surface area contributed by atoms with Crippen LogP contribution in [-0.4, -0.2) is 21.7 Å². The van der Waals surface area contributed by atoms with Crippen LogP contribution >= 0.6 is 23.6 Å². The first-order chi connectivity index (χ1) is 8.95. The molecule has 1 aromatic heterocycles. The highest BCUT2D eigenvalue weighted by molar-refractivity contribution is 7.73. The number of nitrogens with zero attached hydrogens (tertiary/aromatic N) is 3. The van der Waals surface area contributed by atoms with Gasteiger partial charge in [-0.2, -0.15) is 5.10 Å². The number of benzene rings is 1. The van der Waals surface area contributed by atoms with Crippen LogP contribution in [0.1, 0.15) is 10.6 Å². The van der Waals surface area contributed by atoms with Crippen LogP contribution in [0.3, 0.4) is 0 Å². The van der Waals surface area contributed by atoms with Gasteiger partial charge in [-0.15, -0.1) is 0 Å². The topological polar surface area (TPSA) is 21.1 Å². The Labute approximate surface area is 119 Å². The number of aryl methyl sites for hydroxylation is 1. The SMILES string of the molecule is Cc1nn(CN(C)Cc2ccc(F)cc2F)c(=S)s1. The van der Waals surface area contributed by atoms with E-state index in [1.165, 1.54) is 23.5 Å². The van der Waals surface area contributed by atoms with Crippen molar-refractivity contribution in [3.8, 4) is 0 Å². The lowest BCUT2D eigenvalue weighted by Gasteiger charge is -2.16. The van der Waals surface area contributed by atoms with Gasteiger partial charge in [0, 0.05) is 18.2 Å². The first-order valence-corrected chi connectivity index (χ1v) is 6.85. The van der Waals surface area contributed by atoms with Crippen LogP contribution in [0.2, 0.25) is 0 Å². The quantitative estimate of drug-likeness (QED) is 0.808. The molecule has 0 spiro atoms. The zero-order valence-electron chi connectivity index (χ0n) is 10.6. The van der Waals surface area contributed by atoms with E-state index >= 15 is 0 Å². The first kappa shape index (κ1) is 14.2. The Balaban J connectivity index is 2.07. The highest BCUT2D eigenvalue weighted by atomic mass is 32.1. The molecule has 0 saturated carbocycles. The minimum absolute atomic E-state index is 0.366. The predicted octanol–water partition coefficient (Wildman–Crippen LogP) is 3.35. The second kappa shape index (κ2) is 5.85. The lowest BCUT2D eigenvalue weighted by Crippen LogP contribution is -2.23. The van der Waals surface area contributed by atoms with Crippen molar-refractivity contribution in [2.75, 3.05) is 7.05 Å².